The van der Waals surface area contributed by atoms with Gasteiger partial charge in [-0.2, -0.15) is 0 Å². The van der Waals surface area contributed by atoms with Gasteiger partial charge in [0.15, 0.2) is 0 Å². The van der Waals surface area contributed by atoms with Gasteiger partial charge < -0.3 is 19.6 Å². The monoisotopic (exact) mass is 227 g/mol. The smallest absolute Gasteiger partial charge is 0.133 e. The molecule has 0 bridgehead atoms. The summed E-state index contributed by atoms with van der Waals surface area (Å²) >= 11 is 0. The van der Waals surface area contributed by atoms with Gasteiger partial charge in [-0.15, -0.1) is 0 Å². The Kier molecular flexibility index (Phi) is 5.52. The molecule has 1 rings (SSSR count). The van der Waals surface area contributed by atoms with Gasteiger partial charge in [0, 0.05) is 26.3 Å². The minimum absolute atomic E-state index is 0.325. The molecule has 0 fully saturated rings. The molecule has 0 saturated heterocycles. The first-order valence-electron chi connectivity index (χ1n) is 5.60. The SMILES string of the molecule is COCCC(C)NCC(O)c1ccc(C)o1. The lowest BCUT2D eigenvalue weighted by Gasteiger charge is -2.15. The number of aliphatic hydroxyl groups excluding tert-OH is 1. The highest BCUT2D eigenvalue weighted by Gasteiger charge is 2.12. The van der Waals surface area contributed by atoms with E-state index in [2.05, 4.69) is 12.2 Å². The molecule has 1 aromatic rings. The summed E-state index contributed by atoms with van der Waals surface area (Å²) < 4.78 is 10.3. The highest BCUT2D eigenvalue weighted by atomic mass is 16.5. The van der Waals surface area contributed by atoms with Crippen molar-refractivity contribution in [3.05, 3.63) is 23.7 Å². The van der Waals surface area contributed by atoms with Crippen molar-refractivity contribution in [3.63, 3.8) is 0 Å². The number of aryl methyl sites for hydroxylation is 1. The molecule has 0 spiro atoms. The average Bonchev–Trinajstić information content (AvgIpc) is 2.69. The summed E-state index contributed by atoms with van der Waals surface area (Å²) in [6, 6.07) is 3.99. The molecule has 0 aromatic carbocycles. The number of hydrogen-bond donors (Lipinski definition) is 2. The molecular formula is C12H21NO3. The summed E-state index contributed by atoms with van der Waals surface area (Å²) in [5, 5.41) is 13.1. The van der Waals surface area contributed by atoms with Gasteiger partial charge in [0.25, 0.3) is 0 Å². The summed E-state index contributed by atoms with van der Waals surface area (Å²) in [7, 11) is 1.69. The van der Waals surface area contributed by atoms with Crippen LogP contribution in [-0.2, 0) is 4.74 Å². The van der Waals surface area contributed by atoms with E-state index in [1.165, 1.54) is 0 Å². The van der Waals surface area contributed by atoms with Crippen LogP contribution in [0, 0.1) is 6.92 Å². The summed E-state index contributed by atoms with van der Waals surface area (Å²) in [4.78, 5) is 0. The molecule has 4 heteroatoms. The third-order valence-corrected chi connectivity index (χ3v) is 2.50. The van der Waals surface area contributed by atoms with Crippen molar-refractivity contribution in [1.82, 2.24) is 5.32 Å². The summed E-state index contributed by atoms with van der Waals surface area (Å²) in [5.41, 5.74) is 0. The number of methoxy groups -OCH3 is 1. The van der Waals surface area contributed by atoms with Crippen LogP contribution in [-0.4, -0.2) is 31.4 Å². The molecular weight excluding hydrogens is 206 g/mol. The van der Waals surface area contributed by atoms with E-state index in [1.807, 2.05) is 19.1 Å². The number of rotatable bonds is 7. The zero-order chi connectivity index (χ0) is 12.0. The molecule has 1 aromatic heterocycles. The van der Waals surface area contributed by atoms with E-state index in [0.717, 1.165) is 18.8 Å². The highest BCUT2D eigenvalue weighted by Crippen LogP contribution is 2.15. The van der Waals surface area contributed by atoms with Crippen LogP contribution in [0.5, 0.6) is 0 Å². The lowest BCUT2D eigenvalue weighted by molar-refractivity contribution is 0.137. The zero-order valence-corrected chi connectivity index (χ0v) is 10.2. The summed E-state index contributed by atoms with van der Waals surface area (Å²) in [6.07, 6.45) is 0.346. The second-order valence-electron chi connectivity index (χ2n) is 4.05. The summed E-state index contributed by atoms with van der Waals surface area (Å²) in [6.45, 7) is 5.16. The molecule has 0 saturated carbocycles. The van der Waals surface area contributed by atoms with Gasteiger partial charge in [0.2, 0.25) is 0 Å². The molecule has 0 aliphatic carbocycles. The van der Waals surface area contributed by atoms with Gasteiger partial charge in [-0.05, 0) is 32.4 Å². The maximum absolute atomic E-state index is 9.82. The third-order valence-electron chi connectivity index (χ3n) is 2.50. The maximum Gasteiger partial charge on any atom is 0.133 e. The van der Waals surface area contributed by atoms with Crippen molar-refractivity contribution in [2.75, 3.05) is 20.3 Å². The first-order chi connectivity index (χ1) is 7.63. The first kappa shape index (κ1) is 13.2. The summed E-state index contributed by atoms with van der Waals surface area (Å²) in [5.74, 6) is 1.44. The van der Waals surface area contributed by atoms with E-state index < -0.39 is 6.10 Å². The lowest BCUT2D eigenvalue weighted by atomic mass is 10.2. The van der Waals surface area contributed by atoms with E-state index in [9.17, 15) is 5.11 Å². The van der Waals surface area contributed by atoms with Crippen LogP contribution >= 0.6 is 0 Å². The van der Waals surface area contributed by atoms with Gasteiger partial charge in [-0.25, -0.2) is 0 Å². The van der Waals surface area contributed by atoms with E-state index in [4.69, 9.17) is 9.15 Å². The molecule has 1 heterocycles. The standard InChI is InChI=1S/C12H21NO3/c1-9(6-7-15-3)13-8-11(14)12-5-4-10(2)16-12/h4-5,9,11,13-14H,6-8H2,1-3H3. The Labute approximate surface area is 96.6 Å². The molecule has 16 heavy (non-hydrogen) atoms. The largest absolute Gasteiger partial charge is 0.464 e. The van der Waals surface area contributed by atoms with Crippen molar-refractivity contribution in [3.8, 4) is 0 Å². The van der Waals surface area contributed by atoms with Crippen molar-refractivity contribution >= 4 is 0 Å². The second kappa shape index (κ2) is 6.68. The van der Waals surface area contributed by atoms with Crippen molar-refractivity contribution in [1.29, 1.82) is 0 Å². The van der Waals surface area contributed by atoms with E-state index >= 15 is 0 Å². The van der Waals surface area contributed by atoms with Gasteiger partial charge in [0.1, 0.15) is 17.6 Å². The molecule has 2 atom stereocenters. The Hall–Kier alpha value is -0.840. The van der Waals surface area contributed by atoms with Crippen LogP contribution in [0.4, 0.5) is 0 Å². The van der Waals surface area contributed by atoms with Crippen LogP contribution in [0.1, 0.15) is 31.0 Å². The average molecular weight is 227 g/mol. The van der Waals surface area contributed by atoms with Gasteiger partial charge in [-0.3, -0.25) is 0 Å². The van der Waals surface area contributed by atoms with Crippen molar-refractivity contribution in [2.45, 2.75) is 32.4 Å². The molecule has 0 aliphatic rings. The van der Waals surface area contributed by atoms with Crippen LogP contribution in [0.2, 0.25) is 0 Å². The molecule has 0 radical (unpaired) electrons. The van der Waals surface area contributed by atoms with E-state index in [0.29, 0.717) is 18.3 Å². The van der Waals surface area contributed by atoms with Gasteiger partial charge in [-0.1, -0.05) is 0 Å². The van der Waals surface area contributed by atoms with E-state index in [-0.39, 0.29) is 0 Å². The highest BCUT2D eigenvalue weighted by molar-refractivity contribution is 5.08. The molecule has 92 valence electrons. The van der Waals surface area contributed by atoms with Gasteiger partial charge in [0.05, 0.1) is 0 Å². The van der Waals surface area contributed by atoms with Crippen LogP contribution < -0.4 is 5.32 Å². The van der Waals surface area contributed by atoms with Crippen LogP contribution in [0.15, 0.2) is 16.5 Å². The van der Waals surface area contributed by atoms with E-state index in [1.54, 1.807) is 7.11 Å². The number of nitrogens with one attached hydrogen (secondary N) is 1. The maximum atomic E-state index is 9.82. The predicted molar refractivity (Wildman–Crippen MR) is 62.4 cm³/mol. The van der Waals surface area contributed by atoms with Gasteiger partial charge >= 0.3 is 0 Å². The molecule has 2 N–H and O–H groups in total. The second-order valence-corrected chi connectivity index (χ2v) is 4.05. The Morgan fingerprint density at radius 2 is 2.25 bits per heavy atom. The zero-order valence-electron chi connectivity index (χ0n) is 10.2. The Morgan fingerprint density at radius 1 is 1.50 bits per heavy atom. The minimum atomic E-state index is -0.585. The molecule has 0 amide bonds. The quantitative estimate of drug-likeness (QED) is 0.743. The Morgan fingerprint density at radius 3 is 2.81 bits per heavy atom. The fourth-order valence-corrected chi connectivity index (χ4v) is 1.44. The normalized spacial score (nSPS) is 15.0. The number of ether oxygens (including phenoxy) is 1. The van der Waals surface area contributed by atoms with Crippen LogP contribution in [0.3, 0.4) is 0 Å². The lowest BCUT2D eigenvalue weighted by Crippen LogP contribution is -2.31. The number of aliphatic hydroxyl groups is 1. The predicted octanol–water partition coefficient (Wildman–Crippen LogP) is 1.64. The fraction of sp³-hybridized carbons (Fsp3) is 0.667. The Bertz CT molecular complexity index is 298. The van der Waals surface area contributed by atoms with Crippen molar-refractivity contribution in [2.24, 2.45) is 0 Å². The molecule has 0 aliphatic heterocycles. The Balaban J connectivity index is 2.27. The minimum Gasteiger partial charge on any atom is -0.464 e. The molecule has 4 nitrogen and oxygen atoms in total. The first-order valence-corrected chi connectivity index (χ1v) is 5.60. The molecule has 2 unspecified atom stereocenters. The van der Waals surface area contributed by atoms with Crippen LogP contribution in [0.25, 0.3) is 0 Å². The number of furan rings is 1. The van der Waals surface area contributed by atoms with Crippen molar-refractivity contribution < 1.29 is 14.3 Å². The number of hydrogen-bond acceptors (Lipinski definition) is 4. The topological polar surface area (TPSA) is 54.6 Å². The fourth-order valence-electron chi connectivity index (χ4n) is 1.44. The third kappa shape index (κ3) is 4.35.